The van der Waals surface area contributed by atoms with Crippen molar-refractivity contribution < 1.29 is 13.6 Å². The van der Waals surface area contributed by atoms with Crippen LogP contribution in [-0.2, 0) is 6.42 Å². The largest absolute Gasteiger partial charge is 0.351 e. The van der Waals surface area contributed by atoms with Crippen molar-refractivity contribution in [2.24, 2.45) is 0 Å². The number of imidazole rings is 1. The summed E-state index contributed by atoms with van der Waals surface area (Å²) in [5.74, 6) is -0.0281. The molecule has 0 spiro atoms. The Kier molecular flexibility index (Phi) is 4.66. The lowest BCUT2D eigenvalue weighted by molar-refractivity contribution is -0.513. The molecule has 0 radical (unpaired) electrons. The summed E-state index contributed by atoms with van der Waals surface area (Å²) >= 11 is 0. The maximum Gasteiger partial charge on any atom is 0.351 e. The van der Waals surface area contributed by atoms with Crippen LogP contribution < -0.4 is 9.72 Å². The molecule has 0 fully saturated rings. The van der Waals surface area contributed by atoms with Crippen molar-refractivity contribution in [3.63, 3.8) is 0 Å². The zero-order valence-electron chi connectivity index (χ0n) is 14.7. The van der Waals surface area contributed by atoms with Gasteiger partial charge in [-0.1, -0.05) is 36.4 Å². The average molecular weight is 360 g/mol. The summed E-state index contributed by atoms with van der Waals surface area (Å²) in [6.07, 6.45) is 2.60. The molecular weight excluding hydrogens is 341 g/mol. The van der Waals surface area contributed by atoms with Gasteiger partial charge < -0.3 is 5.32 Å². The molecule has 2 aromatic heterocycles. The minimum Gasteiger partial charge on any atom is -0.345 e. The van der Waals surface area contributed by atoms with Crippen molar-refractivity contribution in [2.75, 3.05) is 6.54 Å². The minimum absolute atomic E-state index is 0.180. The first-order valence-electron chi connectivity index (χ1n) is 8.83. The lowest BCUT2D eigenvalue weighted by Gasteiger charge is -2.02. The van der Waals surface area contributed by atoms with Crippen LogP contribution in [0.25, 0.3) is 16.8 Å². The maximum atomic E-state index is 13.2. The van der Waals surface area contributed by atoms with E-state index in [1.54, 1.807) is 12.1 Å². The van der Waals surface area contributed by atoms with Crippen LogP contribution in [0.2, 0.25) is 0 Å². The Hall–Kier alpha value is -3.47. The molecule has 2 aromatic carbocycles. The van der Waals surface area contributed by atoms with Crippen LogP contribution in [0.4, 0.5) is 4.39 Å². The predicted molar refractivity (Wildman–Crippen MR) is 102 cm³/mol. The van der Waals surface area contributed by atoms with Gasteiger partial charge in [-0.05, 0) is 48.4 Å². The summed E-state index contributed by atoms with van der Waals surface area (Å²) in [6, 6.07) is 22.0. The molecule has 0 aliphatic rings. The van der Waals surface area contributed by atoms with Crippen molar-refractivity contribution >= 4 is 11.4 Å². The topological polar surface area (TPSA) is 49.0 Å². The second-order valence-corrected chi connectivity index (χ2v) is 6.30. The fourth-order valence-electron chi connectivity index (χ4n) is 3.14. The number of amides is 1. The molecule has 27 heavy (non-hydrogen) atoms. The number of halogens is 1. The van der Waals surface area contributed by atoms with E-state index in [-0.39, 0.29) is 11.7 Å². The van der Waals surface area contributed by atoms with Gasteiger partial charge in [0.1, 0.15) is 5.82 Å². The first kappa shape index (κ1) is 17.0. The lowest BCUT2D eigenvalue weighted by Crippen LogP contribution is -2.35. The van der Waals surface area contributed by atoms with E-state index in [9.17, 15) is 9.18 Å². The van der Waals surface area contributed by atoms with E-state index < -0.39 is 0 Å². The van der Waals surface area contributed by atoms with Gasteiger partial charge in [-0.3, -0.25) is 4.79 Å². The zero-order chi connectivity index (χ0) is 18.6. The molecule has 1 amide bonds. The van der Waals surface area contributed by atoms with E-state index in [0.29, 0.717) is 12.4 Å². The number of pyridine rings is 1. The Bertz CT molecular complexity index is 1070. The Morgan fingerprint density at radius 3 is 2.48 bits per heavy atom. The Labute approximate surface area is 156 Å². The Morgan fingerprint density at radius 1 is 0.963 bits per heavy atom. The smallest absolute Gasteiger partial charge is 0.345 e. The van der Waals surface area contributed by atoms with Crippen LogP contribution in [0, 0.1) is 5.82 Å². The summed E-state index contributed by atoms with van der Waals surface area (Å²) in [5.41, 5.74) is 3.64. The molecule has 0 unspecified atom stereocenters. The quantitative estimate of drug-likeness (QED) is 0.526. The van der Waals surface area contributed by atoms with E-state index in [1.807, 2.05) is 59.1 Å². The average Bonchev–Trinajstić information content (AvgIpc) is 3.09. The molecule has 0 atom stereocenters. The van der Waals surface area contributed by atoms with E-state index >= 15 is 0 Å². The number of aromatic nitrogens is 2. The van der Waals surface area contributed by atoms with Crippen molar-refractivity contribution in [1.29, 1.82) is 0 Å². The summed E-state index contributed by atoms with van der Waals surface area (Å²) in [5, 5.41) is 2.96. The number of benzene rings is 2. The molecule has 134 valence electrons. The Balaban J connectivity index is 1.59. The van der Waals surface area contributed by atoms with Crippen molar-refractivity contribution in [2.45, 2.75) is 6.42 Å². The van der Waals surface area contributed by atoms with Crippen LogP contribution >= 0.6 is 0 Å². The number of hydrogen-bond donors (Lipinski definition) is 2. The number of aromatic amines is 1. The normalized spacial score (nSPS) is 10.9. The Morgan fingerprint density at radius 2 is 1.70 bits per heavy atom. The predicted octanol–water partition coefficient (Wildman–Crippen LogP) is 3.53. The van der Waals surface area contributed by atoms with Gasteiger partial charge in [0.05, 0.1) is 6.20 Å². The van der Waals surface area contributed by atoms with Gasteiger partial charge in [-0.2, -0.15) is 4.40 Å². The second-order valence-electron chi connectivity index (χ2n) is 6.30. The summed E-state index contributed by atoms with van der Waals surface area (Å²) in [7, 11) is 0. The number of hydrogen-bond acceptors (Lipinski definition) is 1. The number of fused-ring (bicyclic) bond motifs is 1. The second kappa shape index (κ2) is 7.41. The first-order valence-corrected chi connectivity index (χ1v) is 8.83. The first-order chi connectivity index (χ1) is 13.2. The molecular formula is C22H19FN3O+. The number of nitrogens with one attached hydrogen (secondary N) is 2. The summed E-state index contributed by atoms with van der Waals surface area (Å²) in [6.45, 7) is 0.544. The standard InChI is InChI=1S/C22H18FN3O/c23-18-11-9-17(10-12-18)20-19-8-4-5-15-26(19)21(25-20)22(27)24-14-13-16-6-2-1-3-7-16/h1-12,15H,13-14H2,(H,24,27)/p+1. The molecule has 0 aliphatic heterocycles. The van der Waals surface area contributed by atoms with Crippen LogP contribution in [-0.4, -0.2) is 17.4 Å². The summed E-state index contributed by atoms with van der Waals surface area (Å²) in [4.78, 5) is 15.9. The fourth-order valence-corrected chi connectivity index (χ4v) is 3.14. The highest BCUT2D eigenvalue weighted by atomic mass is 19.1. The molecule has 0 aliphatic carbocycles. The van der Waals surface area contributed by atoms with Crippen LogP contribution in [0.5, 0.6) is 0 Å². The molecule has 4 rings (SSSR count). The van der Waals surface area contributed by atoms with Crippen LogP contribution in [0.1, 0.15) is 16.2 Å². The van der Waals surface area contributed by atoms with E-state index in [0.717, 1.165) is 23.2 Å². The molecule has 2 N–H and O–H groups in total. The number of carbonyl (C=O) groups excluding carboxylic acids is 1. The highest BCUT2D eigenvalue weighted by Gasteiger charge is 2.25. The third-order valence-electron chi connectivity index (χ3n) is 4.49. The van der Waals surface area contributed by atoms with E-state index in [1.165, 1.54) is 17.7 Å². The number of H-pyrrole nitrogens is 1. The molecule has 2 heterocycles. The molecule has 4 nitrogen and oxygen atoms in total. The highest BCUT2D eigenvalue weighted by Crippen LogP contribution is 2.21. The molecule has 4 aromatic rings. The van der Waals surface area contributed by atoms with E-state index in [4.69, 9.17) is 0 Å². The van der Waals surface area contributed by atoms with Crippen LogP contribution in [0.15, 0.2) is 79.0 Å². The maximum absolute atomic E-state index is 13.2. The van der Waals surface area contributed by atoms with Gasteiger partial charge in [-0.25, -0.2) is 9.37 Å². The van der Waals surface area contributed by atoms with Gasteiger partial charge in [0.15, 0.2) is 11.2 Å². The van der Waals surface area contributed by atoms with Gasteiger partial charge in [0.25, 0.3) is 0 Å². The molecule has 0 saturated carbocycles. The van der Waals surface area contributed by atoms with E-state index in [2.05, 4.69) is 10.3 Å². The molecule has 0 saturated heterocycles. The van der Waals surface area contributed by atoms with Gasteiger partial charge in [-0.15, -0.1) is 0 Å². The van der Waals surface area contributed by atoms with Crippen molar-refractivity contribution in [3.8, 4) is 11.3 Å². The fraction of sp³-hybridized carbons (Fsp3) is 0.0909. The van der Waals surface area contributed by atoms with Gasteiger partial charge in [0, 0.05) is 12.1 Å². The van der Waals surface area contributed by atoms with Crippen molar-refractivity contribution in [3.05, 3.63) is 96.2 Å². The molecule has 5 heteroatoms. The van der Waals surface area contributed by atoms with Crippen molar-refractivity contribution in [1.82, 2.24) is 10.3 Å². The minimum atomic E-state index is -0.291. The summed E-state index contributed by atoms with van der Waals surface area (Å²) < 4.78 is 15.1. The van der Waals surface area contributed by atoms with Gasteiger partial charge in [0.2, 0.25) is 0 Å². The number of rotatable bonds is 5. The zero-order valence-corrected chi connectivity index (χ0v) is 14.7. The number of carbonyl (C=O) groups is 1. The molecule has 0 bridgehead atoms. The highest BCUT2D eigenvalue weighted by molar-refractivity contribution is 5.91. The van der Waals surface area contributed by atoms with Crippen LogP contribution in [0.3, 0.4) is 0 Å². The number of nitrogens with zero attached hydrogens (tertiary/aromatic N) is 1. The SMILES string of the molecule is O=C(NCCc1ccccc1)c1[nH]c(-c2ccc(F)cc2)c2cccc[n+]12. The third-order valence-corrected chi connectivity index (χ3v) is 4.49. The third kappa shape index (κ3) is 3.58. The lowest BCUT2D eigenvalue weighted by atomic mass is 10.1. The van der Waals surface area contributed by atoms with Gasteiger partial charge >= 0.3 is 11.7 Å². The monoisotopic (exact) mass is 360 g/mol.